The van der Waals surface area contributed by atoms with E-state index >= 15 is 0 Å². The molecule has 2 N–H and O–H groups in total. The van der Waals surface area contributed by atoms with Gasteiger partial charge in [-0.25, -0.2) is 14.2 Å². The number of hydrazone groups is 1. The molecular formula is C19H22ClFN6O3. The number of nitrogens with zero attached hydrogens (tertiary/aromatic N) is 5. The SMILES string of the molecule is Cc1c2c(nn1C/C(CO)=N\N(C)C=O)CCN(C(=O)Nc1ccc(F)c(Cl)c1)C2. The fraction of sp³-hybridized carbons (Fsp3) is 0.368. The number of fused-ring (bicyclic) bond motifs is 1. The standard InChI is InChI=1S/C19H22ClFN6O3/c1-12-15-9-26(19(30)22-13-3-4-17(21)16(20)7-13)6-5-18(15)24-27(12)8-14(10-28)23-25(2)11-29/h3-4,7,11,28H,5-6,8-10H2,1-2H3,(H,22,30)/b23-14+. The number of benzene rings is 1. The summed E-state index contributed by atoms with van der Waals surface area (Å²) < 4.78 is 15.0. The fourth-order valence-electron chi connectivity index (χ4n) is 3.20. The molecule has 2 heterocycles. The largest absolute Gasteiger partial charge is 0.390 e. The predicted octanol–water partition coefficient (Wildman–Crippen LogP) is 2.01. The molecule has 0 atom stereocenters. The minimum atomic E-state index is -0.551. The van der Waals surface area contributed by atoms with Crippen molar-refractivity contribution in [2.45, 2.75) is 26.4 Å². The van der Waals surface area contributed by atoms with E-state index in [-0.39, 0.29) is 24.2 Å². The number of urea groups is 1. The van der Waals surface area contributed by atoms with Crippen LogP contribution in [0.4, 0.5) is 14.9 Å². The first-order chi connectivity index (χ1) is 14.3. The van der Waals surface area contributed by atoms with Gasteiger partial charge in [0.2, 0.25) is 6.41 Å². The number of anilines is 1. The lowest BCUT2D eigenvalue weighted by Crippen LogP contribution is -2.38. The maximum atomic E-state index is 13.3. The Hall–Kier alpha value is -2.98. The average Bonchev–Trinajstić information content (AvgIpc) is 3.04. The second-order valence-corrected chi connectivity index (χ2v) is 7.31. The zero-order chi connectivity index (χ0) is 21.8. The van der Waals surface area contributed by atoms with Crippen LogP contribution in [0.3, 0.4) is 0 Å². The molecule has 3 rings (SSSR count). The fourth-order valence-corrected chi connectivity index (χ4v) is 3.38. The molecule has 0 unspecified atom stereocenters. The van der Waals surface area contributed by atoms with Gasteiger partial charge in [0.25, 0.3) is 0 Å². The number of hydrogen-bond acceptors (Lipinski definition) is 5. The molecule has 1 aromatic carbocycles. The number of nitrogens with one attached hydrogen (secondary N) is 1. The molecule has 0 fully saturated rings. The highest BCUT2D eigenvalue weighted by Crippen LogP contribution is 2.24. The molecule has 0 radical (unpaired) electrons. The van der Waals surface area contributed by atoms with Crippen LogP contribution in [0.5, 0.6) is 0 Å². The highest BCUT2D eigenvalue weighted by molar-refractivity contribution is 6.31. The van der Waals surface area contributed by atoms with Crippen molar-refractivity contribution in [3.8, 4) is 0 Å². The molecule has 0 bridgehead atoms. The van der Waals surface area contributed by atoms with Crippen LogP contribution in [0.15, 0.2) is 23.3 Å². The molecule has 1 aliphatic heterocycles. The van der Waals surface area contributed by atoms with E-state index in [1.807, 2.05) is 6.92 Å². The maximum absolute atomic E-state index is 13.3. The van der Waals surface area contributed by atoms with E-state index in [0.29, 0.717) is 37.3 Å². The summed E-state index contributed by atoms with van der Waals surface area (Å²) in [6, 6.07) is 3.69. The first-order valence-corrected chi connectivity index (χ1v) is 9.61. The molecule has 0 spiro atoms. The lowest BCUT2D eigenvalue weighted by atomic mass is 10.1. The summed E-state index contributed by atoms with van der Waals surface area (Å²) in [5, 5.41) is 21.8. The minimum Gasteiger partial charge on any atom is -0.390 e. The Morgan fingerprint density at radius 2 is 2.27 bits per heavy atom. The third kappa shape index (κ3) is 4.77. The van der Waals surface area contributed by atoms with Gasteiger partial charge in [0.15, 0.2) is 0 Å². The third-order valence-electron chi connectivity index (χ3n) is 4.81. The van der Waals surface area contributed by atoms with E-state index < -0.39 is 5.82 Å². The maximum Gasteiger partial charge on any atom is 0.322 e. The van der Waals surface area contributed by atoms with Crippen molar-refractivity contribution in [1.29, 1.82) is 0 Å². The molecule has 0 saturated carbocycles. The summed E-state index contributed by atoms with van der Waals surface area (Å²) in [4.78, 5) is 25.0. The van der Waals surface area contributed by atoms with Crippen LogP contribution in [0.25, 0.3) is 0 Å². The molecule has 2 aromatic rings. The Bertz CT molecular complexity index is 993. The van der Waals surface area contributed by atoms with Gasteiger partial charge < -0.3 is 15.3 Å². The number of carbonyl (C=O) groups excluding carboxylic acids is 2. The zero-order valence-electron chi connectivity index (χ0n) is 16.6. The van der Waals surface area contributed by atoms with Gasteiger partial charge in [0.1, 0.15) is 5.82 Å². The van der Waals surface area contributed by atoms with Crippen molar-refractivity contribution in [2.24, 2.45) is 5.10 Å². The van der Waals surface area contributed by atoms with E-state index in [1.165, 1.54) is 25.2 Å². The van der Waals surface area contributed by atoms with Crippen molar-refractivity contribution in [3.63, 3.8) is 0 Å². The monoisotopic (exact) mass is 436 g/mol. The lowest BCUT2D eigenvalue weighted by Gasteiger charge is -2.27. The van der Waals surface area contributed by atoms with Crippen LogP contribution < -0.4 is 5.32 Å². The first-order valence-electron chi connectivity index (χ1n) is 9.23. The second-order valence-electron chi connectivity index (χ2n) is 6.90. The van der Waals surface area contributed by atoms with Gasteiger partial charge in [-0.2, -0.15) is 10.2 Å². The van der Waals surface area contributed by atoms with Gasteiger partial charge in [-0.3, -0.25) is 9.48 Å². The van der Waals surface area contributed by atoms with E-state index in [1.54, 1.807) is 9.58 Å². The van der Waals surface area contributed by atoms with Gasteiger partial charge in [0.05, 0.1) is 36.1 Å². The molecule has 11 heteroatoms. The number of halogens is 2. The van der Waals surface area contributed by atoms with E-state index in [2.05, 4.69) is 15.5 Å². The third-order valence-corrected chi connectivity index (χ3v) is 5.10. The number of rotatable bonds is 6. The highest BCUT2D eigenvalue weighted by Gasteiger charge is 2.26. The topological polar surface area (TPSA) is 103 Å². The van der Waals surface area contributed by atoms with Crippen molar-refractivity contribution < 1.29 is 19.1 Å². The van der Waals surface area contributed by atoms with E-state index in [4.69, 9.17) is 11.6 Å². The second kappa shape index (κ2) is 9.23. The van der Waals surface area contributed by atoms with Crippen LogP contribution in [0.1, 0.15) is 17.0 Å². The van der Waals surface area contributed by atoms with Crippen molar-refractivity contribution >= 4 is 35.4 Å². The summed E-state index contributed by atoms with van der Waals surface area (Å²) in [5.41, 5.74) is 3.45. The quantitative estimate of drug-likeness (QED) is 0.410. The first kappa shape index (κ1) is 21.7. The Kier molecular flexibility index (Phi) is 6.68. The van der Waals surface area contributed by atoms with Crippen LogP contribution in [-0.4, -0.2) is 63.1 Å². The molecule has 3 amide bonds. The number of aliphatic hydroxyl groups excluding tert-OH is 1. The van der Waals surface area contributed by atoms with Crippen molar-refractivity contribution in [2.75, 3.05) is 25.5 Å². The van der Waals surface area contributed by atoms with Gasteiger partial charge in [0, 0.05) is 37.0 Å². The van der Waals surface area contributed by atoms with Crippen molar-refractivity contribution in [1.82, 2.24) is 19.7 Å². The highest BCUT2D eigenvalue weighted by atomic mass is 35.5. The Labute approximate surface area is 177 Å². The summed E-state index contributed by atoms with van der Waals surface area (Å²) in [5.74, 6) is -0.551. The van der Waals surface area contributed by atoms with Crippen LogP contribution in [0.2, 0.25) is 5.02 Å². The normalized spacial score (nSPS) is 13.8. The number of aliphatic hydroxyl groups is 1. The molecule has 9 nitrogen and oxygen atoms in total. The molecular weight excluding hydrogens is 415 g/mol. The predicted molar refractivity (Wildman–Crippen MR) is 110 cm³/mol. The van der Waals surface area contributed by atoms with Crippen LogP contribution in [-0.2, 0) is 24.3 Å². The summed E-state index contributed by atoms with van der Waals surface area (Å²) >= 11 is 5.77. The number of aromatic nitrogens is 2. The summed E-state index contributed by atoms with van der Waals surface area (Å²) in [6.45, 7) is 2.64. The van der Waals surface area contributed by atoms with Crippen LogP contribution in [0, 0.1) is 12.7 Å². The minimum absolute atomic E-state index is 0.0626. The molecule has 0 saturated heterocycles. The number of carbonyl (C=O) groups is 2. The van der Waals surface area contributed by atoms with Gasteiger partial charge in [-0.05, 0) is 25.1 Å². The van der Waals surface area contributed by atoms with Crippen LogP contribution >= 0.6 is 11.6 Å². The average molecular weight is 437 g/mol. The van der Waals surface area contributed by atoms with Crippen molar-refractivity contribution in [3.05, 3.63) is 46.0 Å². The lowest BCUT2D eigenvalue weighted by molar-refractivity contribution is -0.117. The Morgan fingerprint density at radius 3 is 2.93 bits per heavy atom. The van der Waals surface area contributed by atoms with Gasteiger partial charge >= 0.3 is 6.03 Å². The molecule has 160 valence electrons. The smallest absolute Gasteiger partial charge is 0.322 e. The van der Waals surface area contributed by atoms with E-state index in [9.17, 15) is 19.1 Å². The molecule has 1 aliphatic rings. The zero-order valence-corrected chi connectivity index (χ0v) is 17.4. The molecule has 30 heavy (non-hydrogen) atoms. The van der Waals surface area contributed by atoms with E-state index in [0.717, 1.165) is 22.0 Å². The Balaban J connectivity index is 1.72. The number of amides is 3. The summed E-state index contributed by atoms with van der Waals surface area (Å²) in [7, 11) is 1.48. The molecule has 1 aromatic heterocycles. The van der Waals surface area contributed by atoms with Gasteiger partial charge in [-0.15, -0.1) is 0 Å². The Morgan fingerprint density at radius 1 is 1.50 bits per heavy atom. The molecule has 0 aliphatic carbocycles. The van der Waals surface area contributed by atoms with Gasteiger partial charge in [-0.1, -0.05) is 11.6 Å². The number of hydrogen-bond donors (Lipinski definition) is 2. The summed E-state index contributed by atoms with van der Waals surface area (Å²) in [6.07, 6.45) is 1.11.